The zero-order valence-corrected chi connectivity index (χ0v) is 10.9. The zero-order chi connectivity index (χ0) is 11.2. The number of hydrogen-bond donors (Lipinski definition) is 0. The van der Waals surface area contributed by atoms with Gasteiger partial charge >= 0.3 is 0 Å². The molecule has 2 aliphatic carbocycles. The average Bonchev–Trinajstić information content (AvgIpc) is 2.70. The van der Waals surface area contributed by atoms with Gasteiger partial charge in [-0.15, -0.1) is 0 Å². The summed E-state index contributed by atoms with van der Waals surface area (Å²) >= 11 is 0. The van der Waals surface area contributed by atoms with Gasteiger partial charge in [-0.25, -0.2) is 0 Å². The number of allylic oxidation sites excluding steroid dienone is 4. The standard InChI is InChI=1S/C16H26/c1-2-14-10-8-5-9-13-16(14)15-11-6-3-4-7-12-15/h11H,2-10,12-13H2,1H3. The predicted molar refractivity (Wildman–Crippen MR) is 71.6 cm³/mol. The predicted octanol–water partition coefficient (Wildman–Crippen LogP) is 5.55. The van der Waals surface area contributed by atoms with Crippen LogP contribution in [-0.4, -0.2) is 0 Å². The molecule has 0 aromatic heterocycles. The lowest BCUT2D eigenvalue weighted by atomic mass is 9.91. The molecule has 0 heterocycles. The van der Waals surface area contributed by atoms with Crippen molar-refractivity contribution < 1.29 is 0 Å². The fourth-order valence-corrected chi connectivity index (χ4v) is 3.21. The van der Waals surface area contributed by atoms with Crippen LogP contribution in [0.5, 0.6) is 0 Å². The van der Waals surface area contributed by atoms with Gasteiger partial charge in [-0.3, -0.25) is 0 Å². The van der Waals surface area contributed by atoms with E-state index in [1.54, 1.807) is 16.7 Å². The fourth-order valence-electron chi connectivity index (χ4n) is 3.21. The van der Waals surface area contributed by atoms with Gasteiger partial charge in [0.1, 0.15) is 0 Å². The first-order chi connectivity index (χ1) is 7.92. The smallest absolute Gasteiger partial charge is 0.0277 e. The molecule has 0 heteroatoms. The lowest BCUT2D eigenvalue weighted by molar-refractivity contribution is 0.697. The summed E-state index contributed by atoms with van der Waals surface area (Å²) in [5.41, 5.74) is 5.30. The Kier molecular flexibility index (Phi) is 4.69. The molecule has 0 nitrogen and oxygen atoms in total. The van der Waals surface area contributed by atoms with E-state index in [1.165, 1.54) is 70.6 Å². The highest BCUT2D eigenvalue weighted by molar-refractivity contribution is 5.36. The van der Waals surface area contributed by atoms with Crippen molar-refractivity contribution in [1.29, 1.82) is 0 Å². The van der Waals surface area contributed by atoms with Gasteiger partial charge in [0.15, 0.2) is 0 Å². The van der Waals surface area contributed by atoms with Crippen molar-refractivity contribution >= 4 is 0 Å². The molecule has 0 amide bonds. The van der Waals surface area contributed by atoms with E-state index < -0.39 is 0 Å². The van der Waals surface area contributed by atoms with Gasteiger partial charge in [0.25, 0.3) is 0 Å². The van der Waals surface area contributed by atoms with Crippen molar-refractivity contribution in [2.45, 2.75) is 77.6 Å². The van der Waals surface area contributed by atoms with E-state index in [9.17, 15) is 0 Å². The van der Waals surface area contributed by atoms with Crippen molar-refractivity contribution in [1.82, 2.24) is 0 Å². The topological polar surface area (TPSA) is 0 Å². The fraction of sp³-hybridized carbons (Fsp3) is 0.750. The van der Waals surface area contributed by atoms with E-state index in [-0.39, 0.29) is 0 Å². The van der Waals surface area contributed by atoms with E-state index >= 15 is 0 Å². The summed E-state index contributed by atoms with van der Waals surface area (Å²) in [6.07, 6.45) is 17.9. The van der Waals surface area contributed by atoms with E-state index in [0.717, 1.165) is 0 Å². The minimum atomic E-state index is 1.28. The third kappa shape index (κ3) is 2.99. The van der Waals surface area contributed by atoms with Crippen LogP contribution >= 0.6 is 0 Å². The van der Waals surface area contributed by atoms with E-state index in [2.05, 4.69) is 13.0 Å². The summed E-state index contributed by atoms with van der Waals surface area (Å²) in [5.74, 6) is 0. The molecule has 16 heavy (non-hydrogen) atoms. The van der Waals surface area contributed by atoms with Gasteiger partial charge in [-0.05, 0) is 68.9 Å². The molecule has 0 spiro atoms. The summed E-state index contributed by atoms with van der Waals surface area (Å²) in [4.78, 5) is 0. The molecule has 0 unspecified atom stereocenters. The molecular formula is C16H26. The molecule has 0 saturated carbocycles. The number of hydrogen-bond acceptors (Lipinski definition) is 0. The maximum Gasteiger partial charge on any atom is -0.0277 e. The first kappa shape index (κ1) is 12.0. The van der Waals surface area contributed by atoms with Crippen LogP contribution < -0.4 is 0 Å². The van der Waals surface area contributed by atoms with Gasteiger partial charge in [-0.2, -0.15) is 0 Å². The second-order valence-electron chi connectivity index (χ2n) is 5.33. The van der Waals surface area contributed by atoms with E-state index in [4.69, 9.17) is 0 Å². The summed E-state index contributed by atoms with van der Waals surface area (Å²) in [7, 11) is 0. The van der Waals surface area contributed by atoms with Gasteiger partial charge < -0.3 is 0 Å². The molecule has 0 aliphatic heterocycles. The highest BCUT2D eigenvalue weighted by Crippen LogP contribution is 2.34. The van der Waals surface area contributed by atoms with Crippen molar-refractivity contribution in [3.05, 3.63) is 22.8 Å². The lowest BCUT2D eigenvalue weighted by Crippen LogP contribution is -1.95. The van der Waals surface area contributed by atoms with Gasteiger partial charge in [0, 0.05) is 0 Å². The molecule has 0 fully saturated rings. The molecule has 0 aromatic carbocycles. The maximum absolute atomic E-state index is 2.56. The third-order valence-corrected chi connectivity index (χ3v) is 4.19. The molecule has 0 aromatic rings. The van der Waals surface area contributed by atoms with Crippen LogP contribution in [-0.2, 0) is 0 Å². The van der Waals surface area contributed by atoms with E-state index in [0.29, 0.717) is 0 Å². The van der Waals surface area contributed by atoms with Crippen LogP contribution in [0.25, 0.3) is 0 Å². The second kappa shape index (κ2) is 6.27. The highest BCUT2D eigenvalue weighted by atomic mass is 14.2. The van der Waals surface area contributed by atoms with Crippen molar-refractivity contribution in [3.63, 3.8) is 0 Å². The largest absolute Gasteiger partial charge is 0.0810 e. The molecule has 0 bridgehead atoms. The summed E-state index contributed by atoms with van der Waals surface area (Å²) in [5, 5.41) is 0. The molecule has 0 radical (unpaired) electrons. The van der Waals surface area contributed by atoms with Crippen LogP contribution in [0.2, 0.25) is 0 Å². The van der Waals surface area contributed by atoms with Gasteiger partial charge in [0.05, 0.1) is 0 Å². The normalized spacial score (nSPS) is 23.7. The second-order valence-corrected chi connectivity index (χ2v) is 5.33. The van der Waals surface area contributed by atoms with Crippen LogP contribution in [0.3, 0.4) is 0 Å². The Hall–Kier alpha value is -0.520. The maximum atomic E-state index is 2.56. The molecule has 2 aliphatic rings. The van der Waals surface area contributed by atoms with Crippen molar-refractivity contribution in [2.24, 2.45) is 0 Å². The van der Waals surface area contributed by atoms with Crippen LogP contribution in [0.4, 0.5) is 0 Å². The Bertz CT molecular complexity index is 280. The first-order valence-corrected chi connectivity index (χ1v) is 7.32. The Labute approximate surface area is 101 Å². The minimum Gasteiger partial charge on any atom is -0.0810 e. The summed E-state index contributed by atoms with van der Waals surface area (Å²) in [6.45, 7) is 2.35. The zero-order valence-electron chi connectivity index (χ0n) is 10.9. The summed E-state index contributed by atoms with van der Waals surface area (Å²) < 4.78 is 0. The number of rotatable bonds is 2. The molecule has 2 rings (SSSR count). The Morgan fingerprint density at radius 2 is 1.62 bits per heavy atom. The third-order valence-electron chi connectivity index (χ3n) is 4.19. The lowest BCUT2D eigenvalue weighted by Gasteiger charge is -2.14. The van der Waals surface area contributed by atoms with Crippen LogP contribution in [0, 0.1) is 0 Å². The average molecular weight is 218 g/mol. The summed E-state index contributed by atoms with van der Waals surface area (Å²) in [6, 6.07) is 0. The Balaban J connectivity index is 2.19. The SMILES string of the molecule is CCC1=C(C2=CCCCCC2)CCCCC1. The van der Waals surface area contributed by atoms with Gasteiger partial charge in [0.2, 0.25) is 0 Å². The molecule has 90 valence electrons. The highest BCUT2D eigenvalue weighted by Gasteiger charge is 2.14. The van der Waals surface area contributed by atoms with Crippen LogP contribution in [0.15, 0.2) is 22.8 Å². The van der Waals surface area contributed by atoms with E-state index in [1.807, 2.05) is 0 Å². The minimum absolute atomic E-state index is 1.28. The Morgan fingerprint density at radius 1 is 0.875 bits per heavy atom. The van der Waals surface area contributed by atoms with Crippen molar-refractivity contribution in [3.8, 4) is 0 Å². The Morgan fingerprint density at radius 3 is 2.50 bits per heavy atom. The van der Waals surface area contributed by atoms with Gasteiger partial charge in [-0.1, -0.05) is 31.4 Å². The molecule has 0 atom stereocenters. The monoisotopic (exact) mass is 218 g/mol. The molecule has 0 saturated heterocycles. The molecular weight excluding hydrogens is 192 g/mol. The first-order valence-electron chi connectivity index (χ1n) is 7.32. The molecule has 0 N–H and O–H groups in total. The van der Waals surface area contributed by atoms with Crippen molar-refractivity contribution in [2.75, 3.05) is 0 Å². The van der Waals surface area contributed by atoms with Crippen LogP contribution in [0.1, 0.15) is 77.6 Å². The quantitative estimate of drug-likeness (QED) is 0.570.